The monoisotopic (exact) mass is 232 g/mol. The second kappa shape index (κ2) is 4.79. The van der Waals surface area contributed by atoms with Gasteiger partial charge in [0.05, 0.1) is 0 Å². The Kier molecular flexibility index (Phi) is 3.55. The van der Waals surface area contributed by atoms with Crippen molar-refractivity contribution < 1.29 is 0 Å². The molecule has 2 nitrogen and oxygen atoms in total. The molecular weight excluding hydrogens is 208 g/mol. The second-order valence-corrected chi connectivity index (χ2v) is 5.48. The predicted molar refractivity (Wildman–Crippen MR) is 73.2 cm³/mol. The predicted octanol–water partition coefficient (Wildman–Crippen LogP) is 2.61. The summed E-state index contributed by atoms with van der Waals surface area (Å²) >= 11 is 0. The van der Waals surface area contributed by atoms with Crippen LogP contribution in [-0.2, 0) is 0 Å². The number of hydrogen-bond donors (Lipinski definition) is 2. The third-order valence-corrected chi connectivity index (χ3v) is 4.43. The first-order valence-corrected chi connectivity index (χ1v) is 6.54. The Bertz CT molecular complexity index is 406. The van der Waals surface area contributed by atoms with Crippen molar-refractivity contribution in [3.63, 3.8) is 0 Å². The lowest BCUT2D eigenvalue weighted by atomic mass is 9.73. The summed E-state index contributed by atoms with van der Waals surface area (Å²) in [6.07, 6.45) is 2.30. The standard InChI is InChI=1S/C15H24N2/c1-9-5-6-14(11(3)10(9)2)15(17-4)12-7-13(16)8-12/h5-6,12-13,15,17H,7-8,16H2,1-4H3. The van der Waals surface area contributed by atoms with Gasteiger partial charge in [-0.1, -0.05) is 12.1 Å². The van der Waals surface area contributed by atoms with Crippen LogP contribution in [0.1, 0.15) is 41.1 Å². The Morgan fingerprint density at radius 3 is 2.35 bits per heavy atom. The zero-order valence-corrected chi connectivity index (χ0v) is 11.4. The average Bonchev–Trinajstić information content (AvgIpc) is 2.27. The maximum absolute atomic E-state index is 5.90. The summed E-state index contributed by atoms with van der Waals surface area (Å²) < 4.78 is 0. The van der Waals surface area contributed by atoms with E-state index < -0.39 is 0 Å². The second-order valence-electron chi connectivity index (χ2n) is 5.48. The van der Waals surface area contributed by atoms with Crippen molar-refractivity contribution in [3.05, 3.63) is 34.4 Å². The van der Waals surface area contributed by atoms with Gasteiger partial charge in [0.15, 0.2) is 0 Å². The fraction of sp³-hybridized carbons (Fsp3) is 0.600. The van der Waals surface area contributed by atoms with Crippen LogP contribution in [0.4, 0.5) is 0 Å². The van der Waals surface area contributed by atoms with Crippen LogP contribution in [0.5, 0.6) is 0 Å². The van der Waals surface area contributed by atoms with Crippen LogP contribution in [0.15, 0.2) is 12.1 Å². The minimum absolute atomic E-state index is 0.419. The minimum Gasteiger partial charge on any atom is -0.328 e. The summed E-state index contributed by atoms with van der Waals surface area (Å²) in [6.45, 7) is 6.63. The van der Waals surface area contributed by atoms with Crippen molar-refractivity contribution in [2.75, 3.05) is 7.05 Å². The van der Waals surface area contributed by atoms with Crippen molar-refractivity contribution in [3.8, 4) is 0 Å². The highest BCUT2D eigenvalue weighted by molar-refractivity contribution is 5.40. The molecule has 94 valence electrons. The molecule has 1 aromatic carbocycles. The Hall–Kier alpha value is -0.860. The van der Waals surface area contributed by atoms with Gasteiger partial charge in [0, 0.05) is 12.1 Å². The summed E-state index contributed by atoms with van der Waals surface area (Å²) in [5.41, 5.74) is 11.6. The van der Waals surface area contributed by atoms with Crippen molar-refractivity contribution in [2.45, 2.75) is 45.7 Å². The van der Waals surface area contributed by atoms with Gasteiger partial charge in [0.2, 0.25) is 0 Å². The van der Waals surface area contributed by atoms with E-state index in [1.165, 1.54) is 22.3 Å². The number of hydrogen-bond acceptors (Lipinski definition) is 2. The van der Waals surface area contributed by atoms with Crippen molar-refractivity contribution in [2.24, 2.45) is 11.7 Å². The molecule has 1 fully saturated rings. The van der Waals surface area contributed by atoms with E-state index in [0.717, 1.165) is 12.8 Å². The highest BCUT2D eigenvalue weighted by atomic mass is 14.9. The molecule has 0 radical (unpaired) electrons. The van der Waals surface area contributed by atoms with E-state index in [1.807, 2.05) is 0 Å². The fourth-order valence-electron chi connectivity index (χ4n) is 2.94. The van der Waals surface area contributed by atoms with Gasteiger partial charge in [-0.2, -0.15) is 0 Å². The molecule has 2 rings (SSSR count). The summed E-state index contributed by atoms with van der Waals surface area (Å²) in [4.78, 5) is 0. The maximum Gasteiger partial charge on any atom is 0.0350 e. The van der Waals surface area contributed by atoms with E-state index >= 15 is 0 Å². The molecule has 0 amide bonds. The first-order chi connectivity index (χ1) is 8.04. The molecule has 17 heavy (non-hydrogen) atoms. The van der Waals surface area contributed by atoms with Crippen LogP contribution < -0.4 is 11.1 Å². The van der Waals surface area contributed by atoms with E-state index in [0.29, 0.717) is 18.0 Å². The van der Waals surface area contributed by atoms with E-state index in [2.05, 4.69) is 45.3 Å². The maximum atomic E-state index is 5.90. The van der Waals surface area contributed by atoms with Crippen LogP contribution in [-0.4, -0.2) is 13.1 Å². The first-order valence-electron chi connectivity index (χ1n) is 6.54. The third kappa shape index (κ3) is 2.24. The SMILES string of the molecule is CNC(c1ccc(C)c(C)c1C)C1CC(N)C1. The topological polar surface area (TPSA) is 38.0 Å². The first kappa shape index (κ1) is 12.6. The molecule has 0 saturated heterocycles. The number of rotatable bonds is 3. The molecule has 0 aliphatic heterocycles. The van der Waals surface area contributed by atoms with Crippen molar-refractivity contribution in [1.82, 2.24) is 5.32 Å². The van der Waals surface area contributed by atoms with Crippen LogP contribution in [0.2, 0.25) is 0 Å². The van der Waals surface area contributed by atoms with Gasteiger partial charge in [-0.15, -0.1) is 0 Å². The van der Waals surface area contributed by atoms with Gasteiger partial charge >= 0.3 is 0 Å². The Morgan fingerprint density at radius 2 is 1.82 bits per heavy atom. The highest BCUT2D eigenvalue weighted by Gasteiger charge is 2.33. The lowest BCUT2D eigenvalue weighted by Crippen LogP contribution is -2.42. The summed E-state index contributed by atoms with van der Waals surface area (Å²) in [5.74, 6) is 0.704. The van der Waals surface area contributed by atoms with E-state index in [4.69, 9.17) is 5.73 Å². The number of aryl methyl sites for hydroxylation is 1. The molecular formula is C15H24N2. The Labute approximate surface area is 105 Å². The minimum atomic E-state index is 0.419. The zero-order chi connectivity index (χ0) is 12.6. The smallest absolute Gasteiger partial charge is 0.0350 e. The molecule has 3 N–H and O–H groups in total. The number of nitrogens with two attached hydrogens (primary N) is 1. The Morgan fingerprint density at radius 1 is 1.18 bits per heavy atom. The van der Waals surface area contributed by atoms with Crippen molar-refractivity contribution >= 4 is 0 Å². The van der Waals surface area contributed by atoms with Gasteiger partial charge in [-0.05, 0) is 68.8 Å². The van der Waals surface area contributed by atoms with E-state index in [-0.39, 0.29) is 0 Å². The molecule has 0 aromatic heterocycles. The molecule has 1 saturated carbocycles. The Balaban J connectivity index is 2.28. The zero-order valence-electron chi connectivity index (χ0n) is 11.4. The summed E-state index contributed by atoms with van der Waals surface area (Å²) in [7, 11) is 2.06. The molecule has 0 bridgehead atoms. The summed E-state index contributed by atoms with van der Waals surface area (Å²) in [6, 6.07) is 5.40. The molecule has 1 aromatic rings. The third-order valence-electron chi connectivity index (χ3n) is 4.43. The normalized spacial score (nSPS) is 25.5. The van der Waals surface area contributed by atoms with E-state index in [1.54, 1.807) is 0 Å². The quantitative estimate of drug-likeness (QED) is 0.840. The number of nitrogens with one attached hydrogen (secondary N) is 1. The molecule has 2 heteroatoms. The van der Waals surface area contributed by atoms with Crippen LogP contribution in [0.3, 0.4) is 0 Å². The van der Waals surface area contributed by atoms with Crippen LogP contribution in [0.25, 0.3) is 0 Å². The average molecular weight is 232 g/mol. The van der Waals surface area contributed by atoms with Gasteiger partial charge in [-0.3, -0.25) is 0 Å². The van der Waals surface area contributed by atoms with Gasteiger partial charge in [0.1, 0.15) is 0 Å². The van der Waals surface area contributed by atoms with Gasteiger partial charge < -0.3 is 11.1 Å². The molecule has 0 heterocycles. The van der Waals surface area contributed by atoms with E-state index in [9.17, 15) is 0 Å². The fourth-order valence-corrected chi connectivity index (χ4v) is 2.94. The van der Waals surface area contributed by atoms with Gasteiger partial charge in [-0.25, -0.2) is 0 Å². The largest absolute Gasteiger partial charge is 0.328 e. The molecule has 0 spiro atoms. The molecule has 1 aliphatic carbocycles. The highest BCUT2D eigenvalue weighted by Crippen LogP contribution is 2.38. The molecule has 1 aliphatic rings. The number of benzene rings is 1. The molecule has 1 atom stereocenters. The lowest BCUT2D eigenvalue weighted by Gasteiger charge is -2.39. The molecule has 1 unspecified atom stereocenters. The van der Waals surface area contributed by atoms with Crippen molar-refractivity contribution in [1.29, 1.82) is 0 Å². The van der Waals surface area contributed by atoms with Gasteiger partial charge in [0.25, 0.3) is 0 Å². The van der Waals surface area contributed by atoms with Crippen LogP contribution >= 0.6 is 0 Å². The lowest BCUT2D eigenvalue weighted by molar-refractivity contribution is 0.203. The summed E-state index contributed by atoms with van der Waals surface area (Å²) in [5, 5.41) is 3.47. The van der Waals surface area contributed by atoms with Crippen LogP contribution in [0, 0.1) is 26.7 Å².